The van der Waals surface area contributed by atoms with E-state index >= 15 is 0 Å². The van der Waals surface area contributed by atoms with E-state index in [4.69, 9.17) is 0 Å². The number of sulfonamides is 1. The van der Waals surface area contributed by atoms with Crippen molar-refractivity contribution in [2.75, 3.05) is 10.0 Å². The number of carbonyl (C=O) groups is 1. The number of aryl methyl sites for hydroxylation is 3. The number of benzene rings is 3. The first-order valence-electron chi connectivity index (χ1n) is 8.82. The van der Waals surface area contributed by atoms with Gasteiger partial charge in [-0.25, -0.2) is 8.42 Å². The lowest BCUT2D eigenvalue weighted by atomic mass is 10.1. The average Bonchev–Trinajstić information content (AvgIpc) is 2.60. The summed E-state index contributed by atoms with van der Waals surface area (Å²) >= 11 is 0. The molecule has 0 fully saturated rings. The maximum absolute atomic E-state index is 12.8. The largest absolute Gasteiger partial charge is 0.322 e. The lowest BCUT2D eigenvalue weighted by molar-refractivity contribution is 0.102. The van der Waals surface area contributed by atoms with Gasteiger partial charge >= 0.3 is 0 Å². The first-order valence-corrected chi connectivity index (χ1v) is 10.3. The van der Waals surface area contributed by atoms with E-state index in [1.807, 2.05) is 45.0 Å². The van der Waals surface area contributed by atoms with Gasteiger partial charge in [-0.15, -0.1) is 0 Å². The Balaban J connectivity index is 1.84. The van der Waals surface area contributed by atoms with Crippen LogP contribution in [0, 0.1) is 20.8 Å². The highest BCUT2D eigenvalue weighted by Crippen LogP contribution is 2.20. The van der Waals surface area contributed by atoms with E-state index in [9.17, 15) is 13.2 Å². The Bertz CT molecular complexity index is 1120. The average molecular weight is 394 g/mol. The molecule has 6 heteroatoms. The highest BCUT2D eigenvalue weighted by Gasteiger charge is 2.17. The van der Waals surface area contributed by atoms with Gasteiger partial charge < -0.3 is 5.32 Å². The zero-order chi connectivity index (χ0) is 20.3. The molecular formula is C22H22N2O3S. The summed E-state index contributed by atoms with van der Waals surface area (Å²) in [7, 11) is -3.81. The fourth-order valence-corrected chi connectivity index (χ4v) is 4.06. The van der Waals surface area contributed by atoms with Crippen molar-refractivity contribution in [1.82, 2.24) is 0 Å². The molecule has 5 nitrogen and oxygen atoms in total. The molecule has 2 N–H and O–H groups in total. The molecule has 0 aliphatic heterocycles. The number of amides is 1. The molecule has 3 rings (SSSR count). The van der Waals surface area contributed by atoms with Crippen molar-refractivity contribution in [1.29, 1.82) is 0 Å². The highest BCUT2D eigenvalue weighted by molar-refractivity contribution is 7.92. The van der Waals surface area contributed by atoms with Crippen LogP contribution < -0.4 is 10.0 Å². The molecule has 0 aliphatic rings. The van der Waals surface area contributed by atoms with Crippen molar-refractivity contribution in [2.45, 2.75) is 25.7 Å². The second kappa shape index (κ2) is 7.86. The number of anilines is 2. The number of carbonyl (C=O) groups excluding carboxylic acids is 1. The molecule has 3 aromatic carbocycles. The van der Waals surface area contributed by atoms with E-state index < -0.39 is 10.0 Å². The van der Waals surface area contributed by atoms with Gasteiger partial charge in [-0.05, 0) is 79.9 Å². The maximum Gasteiger partial charge on any atom is 0.261 e. The lowest BCUT2D eigenvalue weighted by Gasteiger charge is -2.11. The van der Waals surface area contributed by atoms with Gasteiger partial charge in [0.1, 0.15) is 0 Å². The number of rotatable bonds is 5. The van der Waals surface area contributed by atoms with E-state index in [-0.39, 0.29) is 16.4 Å². The van der Waals surface area contributed by atoms with Crippen LogP contribution >= 0.6 is 0 Å². The van der Waals surface area contributed by atoms with Crippen molar-refractivity contribution >= 4 is 27.3 Å². The van der Waals surface area contributed by atoms with E-state index in [0.29, 0.717) is 11.4 Å². The van der Waals surface area contributed by atoms with Crippen LogP contribution in [0.15, 0.2) is 71.6 Å². The summed E-state index contributed by atoms with van der Waals surface area (Å²) in [6.45, 7) is 5.74. The summed E-state index contributed by atoms with van der Waals surface area (Å²) < 4.78 is 28.1. The molecule has 0 heterocycles. The number of hydrogen-bond donors (Lipinski definition) is 2. The lowest BCUT2D eigenvalue weighted by Crippen LogP contribution is -2.16. The minimum absolute atomic E-state index is 0.0311. The maximum atomic E-state index is 12.8. The van der Waals surface area contributed by atoms with Crippen LogP contribution in [0.5, 0.6) is 0 Å². The van der Waals surface area contributed by atoms with Gasteiger partial charge in [0.25, 0.3) is 15.9 Å². The molecule has 3 aromatic rings. The molecule has 0 aromatic heterocycles. The molecule has 144 valence electrons. The van der Waals surface area contributed by atoms with Crippen LogP contribution in [-0.2, 0) is 10.0 Å². The van der Waals surface area contributed by atoms with Gasteiger partial charge in [-0.3, -0.25) is 9.52 Å². The summed E-state index contributed by atoms with van der Waals surface area (Å²) in [5.74, 6) is -0.367. The van der Waals surface area contributed by atoms with Crippen molar-refractivity contribution in [3.8, 4) is 0 Å². The van der Waals surface area contributed by atoms with Gasteiger partial charge in [0.15, 0.2) is 0 Å². The Labute approximate surface area is 165 Å². The van der Waals surface area contributed by atoms with Crippen LogP contribution in [0.2, 0.25) is 0 Å². The molecule has 0 unspecified atom stereocenters. The molecule has 0 bridgehead atoms. The molecule has 28 heavy (non-hydrogen) atoms. The normalized spacial score (nSPS) is 11.1. The summed E-state index contributed by atoms with van der Waals surface area (Å²) in [6.07, 6.45) is 0. The predicted molar refractivity (Wildman–Crippen MR) is 112 cm³/mol. The van der Waals surface area contributed by atoms with Crippen molar-refractivity contribution < 1.29 is 13.2 Å². The molecule has 0 atom stereocenters. The standard InChI is InChI=1S/C22H22N2O3S/c1-15-6-4-8-19(11-15)23-22(25)18-7-5-9-21(14-18)28(26,27)24-20-12-16(2)10-17(3)13-20/h4-14,24H,1-3H3,(H,23,25). The Morgan fingerprint density at radius 3 is 2.07 bits per heavy atom. The third-order valence-corrected chi connectivity index (χ3v) is 5.54. The smallest absolute Gasteiger partial charge is 0.261 e. The third-order valence-electron chi connectivity index (χ3n) is 4.16. The van der Waals surface area contributed by atoms with Crippen LogP contribution in [0.25, 0.3) is 0 Å². The second-order valence-electron chi connectivity index (χ2n) is 6.83. The van der Waals surface area contributed by atoms with Crippen LogP contribution in [0.4, 0.5) is 11.4 Å². The monoisotopic (exact) mass is 394 g/mol. The minimum atomic E-state index is -3.81. The predicted octanol–water partition coefficient (Wildman–Crippen LogP) is 4.66. The Morgan fingerprint density at radius 1 is 0.750 bits per heavy atom. The topological polar surface area (TPSA) is 75.3 Å². The fourth-order valence-electron chi connectivity index (χ4n) is 2.98. The van der Waals surface area contributed by atoms with Gasteiger partial charge in [0.05, 0.1) is 4.90 Å². The molecule has 0 saturated carbocycles. The van der Waals surface area contributed by atoms with Crippen molar-refractivity contribution in [3.63, 3.8) is 0 Å². The minimum Gasteiger partial charge on any atom is -0.322 e. The first-order chi connectivity index (χ1) is 13.2. The summed E-state index contributed by atoms with van der Waals surface area (Å²) in [5, 5.41) is 2.79. The van der Waals surface area contributed by atoms with Crippen LogP contribution in [0.1, 0.15) is 27.0 Å². The SMILES string of the molecule is Cc1cccc(NC(=O)c2cccc(S(=O)(=O)Nc3cc(C)cc(C)c3)c2)c1. The van der Waals surface area contributed by atoms with E-state index in [1.165, 1.54) is 12.1 Å². The van der Waals surface area contributed by atoms with Crippen molar-refractivity contribution in [2.24, 2.45) is 0 Å². The van der Waals surface area contributed by atoms with Gasteiger partial charge in [-0.2, -0.15) is 0 Å². The molecule has 0 aliphatic carbocycles. The Hall–Kier alpha value is -3.12. The Kier molecular flexibility index (Phi) is 5.51. The first kappa shape index (κ1) is 19.6. The Morgan fingerprint density at radius 2 is 1.39 bits per heavy atom. The third kappa shape index (κ3) is 4.78. The van der Waals surface area contributed by atoms with Crippen LogP contribution in [0.3, 0.4) is 0 Å². The zero-order valence-corrected chi connectivity index (χ0v) is 16.8. The van der Waals surface area contributed by atoms with Gasteiger partial charge in [0, 0.05) is 16.9 Å². The quantitative estimate of drug-likeness (QED) is 0.661. The van der Waals surface area contributed by atoms with Gasteiger partial charge in [0.2, 0.25) is 0 Å². The van der Waals surface area contributed by atoms with E-state index in [0.717, 1.165) is 16.7 Å². The fraction of sp³-hybridized carbons (Fsp3) is 0.136. The summed E-state index contributed by atoms with van der Waals surface area (Å²) in [5.41, 5.74) is 4.36. The molecule has 0 saturated heterocycles. The summed E-state index contributed by atoms with van der Waals surface area (Å²) in [4.78, 5) is 12.6. The van der Waals surface area contributed by atoms with E-state index in [2.05, 4.69) is 10.0 Å². The molecule has 1 amide bonds. The molecule has 0 radical (unpaired) electrons. The van der Waals surface area contributed by atoms with E-state index in [1.54, 1.807) is 30.3 Å². The highest BCUT2D eigenvalue weighted by atomic mass is 32.2. The molecular weight excluding hydrogens is 372 g/mol. The summed E-state index contributed by atoms with van der Waals surface area (Å²) in [6, 6.07) is 18.9. The van der Waals surface area contributed by atoms with Gasteiger partial charge in [-0.1, -0.05) is 24.3 Å². The zero-order valence-electron chi connectivity index (χ0n) is 16.0. The second-order valence-corrected chi connectivity index (χ2v) is 8.52. The molecule has 0 spiro atoms. The van der Waals surface area contributed by atoms with Crippen molar-refractivity contribution in [3.05, 3.63) is 89.0 Å². The van der Waals surface area contributed by atoms with Crippen LogP contribution in [-0.4, -0.2) is 14.3 Å². The number of hydrogen-bond acceptors (Lipinski definition) is 3. The number of nitrogens with one attached hydrogen (secondary N) is 2.